The highest BCUT2D eigenvalue weighted by molar-refractivity contribution is 9.10. The molecule has 1 aromatic rings. The van der Waals surface area contributed by atoms with E-state index in [4.69, 9.17) is 0 Å². The van der Waals surface area contributed by atoms with Crippen molar-refractivity contribution in [1.29, 1.82) is 0 Å². The zero-order chi connectivity index (χ0) is 12.6. The Hall–Kier alpha value is -1.30. The lowest BCUT2D eigenvalue weighted by Gasteiger charge is -2.21. The molecule has 0 bridgehead atoms. The number of carbonyl (C=O) groups is 2. The number of aliphatic hydroxyl groups is 2. The van der Waals surface area contributed by atoms with Crippen molar-refractivity contribution in [2.45, 2.75) is 12.2 Å². The van der Waals surface area contributed by atoms with Gasteiger partial charge in [-0.25, -0.2) is 0 Å². The molecule has 0 amide bonds. The number of hydrogen-bond acceptors (Lipinski definition) is 4. The van der Waals surface area contributed by atoms with Gasteiger partial charge >= 0.3 is 0 Å². The Morgan fingerprint density at radius 3 is 2.47 bits per heavy atom. The van der Waals surface area contributed by atoms with E-state index in [0.717, 1.165) is 10.5 Å². The molecule has 0 aromatic heterocycles. The van der Waals surface area contributed by atoms with Gasteiger partial charge in [-0.2, -0.15) is 0 Å². The quantitative estimate of drug-likeness (QED) is 0.800. The third-order valence-electron chi connectivity index (χ3n) is 2.55. The summed E-state index contributed by atoms with van der Waals surface area (Å²) in [5.74, 6) is -1.30. The number of rotatable bonds is 1. The monoisotopic (exact) mass is 296 g/mol. The highest BCUT2D eigenvalue weighted by atomic mass is 79.9. The van der Waals surface area contributed by atoms with Crippen LogP contribution >= 0.6 is 15.9 Å². The van der Waals surface area contributed by atoms with Crippen molar-refractivity contribution in [2.75, 3.05) is 0 Å². The summed E-state index contributed by atoms with van der Waals surface area (Å²) >= 11 is 3.26. The Morgan fingerprint density at radius 2 is 1.82 bits per heavy atom. The normalized spacial score (nSPS) is 24.8. The Bertz CT molecular complexity index is 521. The van der Waals surface area contributed by atoms with E-state index in [0.29, 0.717) is 5.56 Å². The van der Waals surface area contributed by atoms with Crippen molar-refractivity contribution in [3.63, 3.8) is 0 Å². The van der Waals surface area contributed by atoms with Crippen molar-refractivity contribution < 1.29 is 19.8 Å². The molecule has 0 aliphatic heterocycles. The maximum Gasteiger partial charge on any atom is 0.195 e. The number of ketones is 2. The summed E-state index contributed by atoms with van der Waals surface area (Å²) in [5.41, 5.74) is 0.651. The lowest BCUT2D eigenvalue weighted by Crippen LogP contribution is -2.43. The molecule has 0 radical (unpaired) electrons. The van der Waals surface area contributed by atoms with Gasteiger partial charge < -0.3 is 10.2 Å². The van der Waals surface area contributed by atoms with E-state index in [2.05, 4.69) is 15.9 Å². The van der Waals surface area contributed by atoms with Gasteiger partial charge in [-0.3, -0.25) is 9.59 Å². The molecule has 0 heterocycles. The molecule has 0 unspecified atom stereocenters. The van der Waals surface area contributed by atoms with E-state index < -0.39 is 23.8 Å². The Balaban J connectivity index is 2.48. The predicted molar refractivity (Wildman–Crippen MR) is 64.1 cm³/mol. The first-order chi connectivity index (χ1) is 8.00. The standard InChI is InChI=1S/C12H9BrO4/c13-7-3-1-2-6(4-7)8-5-9(14)11(16)12(17)10(8)15/h1-5,11-12,16-17H/t11-,12+/m1/s1. The molecule has 1 aromatic carbocycles. The molecular weight excluding hydrogens is 288 g/mol. The molecule has 0 fully saturated rings. The average Bonchev–Trinajstić information content (AvgIpc) is 2.31. The predicted octanol–water partition coefficient (Wildman–Crippen LogP) is 0.706. The van der Waals surface area contributed by atoms with E-state index >= 15 is 0 Å². The van der Waals surface area contributed by atoms with Crippen LogP contribution in [0.4, 0.5) is 0 Å². The third kappa shape index (κ3) is 2.22. The van der Waals surface area contributed by atoms with E-state index in [9.17, 15) is 19.8 Å². The summed E-state index contributed by atoms with van der Waals surface area (Å²) in [4.78, 5) is 23.1. The molecule has 4 nitrogen and oxygen atoms in total. The highest BCUT2D eigenvalue weighted by Crippen LogP contribution is 2.25. The van der Waals surface area contributed by atoms with Gasteiger partial charge in [0.25, 0.3) is 0 Å². The van der Waals surface area contributed by atoms with Crippen LogP contribution in [-0.4, -0.2) is 34.0 Å². The Morgan fingerprint density at radius 1 is 1.12 bits per heavy atom. The van der Waals surface area contributed by atoms with Gasteiger partial charge in [0.15, 0.2) is 17.7 Å². The van der Waals surface area contributed by atoms with Crippen LogP contribution in [0.3, 0.4) is 0 Å². The fraction of sp³-hybridized carbons (Fsp3) is 0.167. The molecule has 0 spiro atoms. The Labute approximate surface area is 106 Å². The van der Waals surface area contributed by atoms with Crippen LogP contribution in [-0.2, 0) is 9.59 Å². The van der Waals surface area contributed by atoms with E-state index in [1.807, 2.05) is 0 Å². The van der Waals surface area contributed by atoms with Crippen LogP contribution in [0.15, 0.2) is 34.8 Å². The average molecular weight is 297 g/mol. The maximum absolute atomic E-state index is 11.7. The fourth-order valence-corrected chi connectivity index (χ4v) is 2.04. The number of benzene rings is 1. The highest BCUT2D eigenvalue weighted by Gasteiger charge is 2.36. The summed E-state index contributed by atoms with van der Waals surface area (Å²) < 4.78 is 0.761. The molecule has 0 saturated carbocycles. The van der Waals surface area contributed by atoms with Crippen LogP contribution in [0.1, 0.15) is 5.56 Å². The molecule has 1 aliphatic rings. The smallest absolute Gasteiger partial charge is 0.195 e. The largest absolute Gasteiger partial charge is 0.382 e. The first kappa shape index (κ1) is 12.2. The summed E-state index contributed by atoms with van der Waals surface area (Å²) in [6.07, 6.45) is -2.26. The van der Waals surface area contributed by atoms with Crippen LogP contribution in [0.25, 0.3) is 5.57 Å². The number of Topliss-reactive ketones (excluding diaryl/α,β-unsaturated/α-hetero) is 1. The van der Waals surface area contributed by atoms with Crippen LogP contribution < -0.4 is 0 Å². The number of carbonyl (C=O) groups excluding carboxylic acids is 2. The maximum atomic E-state index is 11.7. The number of halogens is 1. The second-order valence-electron chi connectivity index (χ2n) is 3.72. The van der Waals surface area contributed by atoms with E-state index in [1.54, 1.807) is 24.3 Å². The SMILES string of the molecule is O=C1C=C(c2cccc(Br)c2)C(=O)[C@H](O)[C@@H]1O. The second-order valence-corrected chi connectivity index (χ2v) is 4.64. The number of aliphatic hydroxyl groups excluding tert-OH is 2. The van der Waals surface area contributed by atoms with Crippen molar-refractivity contribution in [1.82, 2.24) is 0 Å². The lowest BCUT2D eigenvalue weighted by atomic mass is 9.88. The molecular formula is C12H9BrO4. The zero-order valence-electron chi connectivity index (χ0n) is 8.63. The van der Waals surface area contributed by atoms with Gasteiger partial charge in [0.1, 0.15) is 6.10 Å². The number of hydrogen-bond donors (Lipinski definition) is 2. The molecule has 88 valence electrons. The summed E-state index contributed by atoms with van der Waals surface area (Å²) in [6, 6.07) is 6.83. The van der Waals surface area contributed by atoms with Gasteiger partial charge in [0.2, 0.25) is 0 Å². The minimum atomic E-state index is -1.68. The minimum absolute atomic E-state index is 0.120. The van der Waals surface area contributed by atoms with Gasteiger partial charge in [-0.15, -0.1) is 0 Å². The first-order valence-electron chi connectivity index (χ1n) is 4.92. The fourth-order valence-electron chi connectivity index (χ4n) is 1.64. The molecule has 17 heavy (non-hydrogen) atoms. The molecule has 0 saturated heterocycles. The van der Waals surface area contributed by atoms with Gasteiger partial charge in [0, 0.05) is 10.0 Å². The van der Waals surface area contributed by atoms with E-state index in [1.165, 1.54) is 0 Å². The van der Waals surface area contributed by atoms with Crippen molar-refractivity contribution >= 4 is 33.1 Å². The topological polar surface area (TPSA) is 74.6 Å². The second kappa shape index (κ2) is 4.52. The Kier molecular flexibility index (Phi) is 3.24. The molecule has 1 aliphatic carbocycles. The summed E-state index contributed by atoms with van der Waals surface area (Å²) in [7, 11) is 0. The molecule has 2 N–H and O–H groups in total. The molecule has 5 heteroatoms. The van der Waals surface area contributed by atoms with Crippen molar-refractivity contribution in [2.24, 2.45) is 0 Å². The van der Waals surface area contributed by atoms with Gasteiger partial charge in [0.05, 0.1) is 0 Å². The van der Waals surface area contributed by atoms with Gasteiger partial charge in [-0.05, 0) is 23.8 Å². The summed E-state index contributed by atoms with van der Waals surface area (Å²) in [5, 5.41) is 18.7. The van der Waals surface area contributed by atoms with Crippen LogP contribution in [0.2, 0.25) is 0 Å². The van der Waals surface area contributed by atoms with Crippen LogP contribution in [0, 0.1) is 0 Å². The van der Waals surface area contributed by atoms with E-state index in [-0.39, 0.29) is 5.57 Å². The zero-order valence-corrected chi connectivity index (χ0v) is 10.2. The lowest BCUT2D eigenvalue weighted by molar-refractivity contribution is -0.138. The molecule has 2 atom stereocenters. The third-order valence-corrected chi connectivity index (χ3v) is 3.04. The minimum Gasteiger partial charge on any atom is -0.382 e. The molecule has 2 rings (SSSR count). The first-order valence-corrected chi connectivity index (χ1v) is 5.72. The van der Waals surface area contributed by atoms with Crippen LogP contribution in [0.5, 0.6) is 0 Å². The van der Waals surface area contributed by atoms with Crippen molar-refractivity contribution in [3.8, 4) is 0 Å². The van der Waals surface area contributed by atoms with Gasteiger partial charge in [-0.1, -0.05) is 28.1 Å². The summed E-state index contributed by atoms with van der Waals surface area (Å²) in [6.45, 7) is 0. The van der Waals surface area contributed by atoms with Crippen molar-refractivity contribution in [3.05, 3.63) is 40.4 Å².